The van der Waals surface area contributed by atoms with Crippen molar-refractivity contribution in [2.45, 2.75) is 65.8 Å². The van der Waals surface area contributed by atoms with Gasteiger partial charge in [0.15, 0.2) is 0 Å². The van der Waals surface area contributed by atoms with Crippen LogP contribution in [0.25, 0.3) is 0 Å². The molecule has 0 saturated carbocycles. The Bertz CT molecular complexity index is 521. The Kier molecular flexibility index (Phi) is 8.47. The third kappa shape index (κ3) is 6.81. The van der Waals surface area contributed by atoms with Crippen molar-refractivity contribution in [3.8, 4) is 0 Å². The Morgan fingerprint density at radius 3 is 2.68 bits per heavy atom. The number of unbranched alkanes of at least 4 members (excludes halogenated alkanes) is 1. The van der Waals surface area contributed by atoms with Crippen molar-refractivity contribution >= 4 is 5.91 Å². The standard InChI is InChI=1S/C22H36N2O/c1-4-6-9-19(5-2)16-23-22(25)21-11-13-24(14-12-21)17-20-10-7-8-18(3)15-20/h7-8,10,15,19,21H,4-6,9,11-14,16-17H2,1-3H3,(H,23,25)/t19-/m1/s1. The van der Waals surface area contributed by atoms with E-state index in [1.807, 2.05) is 0 Å². The molecule has 25 heavy (non-hydrogen) atoms. The van der Waals surface area contributed by atoms with E-state index in [0.717, 1.165) is 45.4 Å². The van der Waals surface area contributed by atoms with Crippen molar-refractivity contribution in [2.24, 2.45) is 11.8 Å². The fourth-order valence-electron chi connectivity index (χ4n) is 3.75. The van der Waals surface area contributed by atoms with Crippen molar-refractivity contribution < 1.29 is 4.79 Å². The van der Waals surface area contributed by atoms with Crippen LogP contribution in [0.4, 0.5) is 0 Å². The largest absolute Gasteiger partial charge is 0.356 e. The van der Waals surface area contributed by atoms with Gasteiger partial charge in [0.25, 0.3) is 0 Å². The first-order valence-corrected chi connectivity index (χ1v) is 10.2. The number of benzene rings is 1. The molecule has 1 saturated heterocycles. The zero-order chi connectivity index (χ0) is 18.1. The number of hydrogen-bond acceptors (Lipinski definition) is 2. The average molecular weight is 345 g/mol. The lowest BCUT2D eigenvalue weighted by Crippen LogP contribution is -2.41. The summed E-state index contributed by atoms with van der Waals surface area (Å²) in [5, 5.41) is 3.23. The summed E-state index contributed by atoms with van der Waals surface area (Å²) in [4.78, 5) is 15.0. The quantitative estimate of drug-likeness (QED) is 0.713. The first-order chi connectivity index (χ1) is 12.1. The number of carbonyl (C=O) groups is 1. The summed E-state index contributed by atoms with van der Waals surface area (Å²) in [5.74, 6) is 1.13. The monoisotopic (exact) mass is 344 g/mol. The highest BCUT2D eigenvalue weighted by Gasteiger charge is 2.25. The summed E-state index contributed by atoms with van der Waals surface area (Å²) in [6.45, 7) is 10.5. The van der Waals surface area contributed by atoms with Crippen LogP contribution in [0, 0.1) is 18.8 Å². The minimum atomic E-state index is 0.206. The van der Waals surface area contributed by atoms with E-state index in [2.05, 4.69) is 55.3 Å². The molecule has 2 rings (SSSR count). The number of rotatable bonds is 9. The molecule has 1 aromatic rings. The van der Waals surface area contributed by atoms with E-state index in [-0.39, 0.29) is 11.8 Å². The summed E-state index contributed by atoms with van der Waals surface area (Å²) < 4.78 is 0. The SMILES string of the molecule is CCCC[C@@H](CC)CNC(=O)C1CCN(Cc2cccc(C)c2)CC1. The fourth-order valence-corrected chi connectivity index (χ4v) is 3.75. The van der Waals surface area contributed by atoms with Crippen molar-refractivity contribution in [3.63, 3.8) is 0 Å². The van der Waals surface area contributed by atoms with Crippen LogP contribution in [-0.2, 0) is 11.3 Å². The van der Waals surface area contributed by atoms with Gasteiger partial charge in [-0.15, -0.1) is 0 Å². The lowest BCUT2D eigenvalue weighted by Gasteiger charge is -2.31. The Labute approximate surface area is 154 Å². The molecule has 0 aliphatic carbocycles. The number of carbonyl (C=O) groups excluding carboxylic acids is 1. The summed E-state index contributed by atoms with van der Waals surface area (Å²) in [6.07, 6.45) is 6.89. The zero-order valence-electron chi connectivity index (χ0n) is 16.4. The zero-order valence-corrected chi connectivity index (χ0v) is 16.4. The second-order valence-electron chi connectivity index (χ2n) is 7.70. The number of hydrogen-bond donors (Lipinski definition) is 1. The predicted molar refractivity (Wildman–Crippen MR) is 105 cm³/mol. The third-order valence-electron chi connectivity index (χ3n) is 5.56. The minimum Gasteiger partial charge on any atom is -0.356 e. The van der Waals surface area contributed by atoms with Gasteiger partial charge in [0.05, 0.1) is 0 Å². The molecule has 0 spiro atoms. The van der Waals surface area contributed by atoms with Crippen LogP contribution < -0.4 is 5.32 Å². The highest BCUT2D eigenvalue weighted by atomic mass is 16.1. The summed E-state index contributed by atoms with van der Waals surface area (Å²) in [5.41, 5.74) is 2.70. The molecule has 1 aliphatic rings. The number of aryl methyl sites for hydroxylation is 1. The average Bonchev–Trinajstić information content (AvgIpc) is 2.62. The van der Waals surface area contributed by atoms with Crippen molar-refractivity contribution in [2.75, 3.05) is 19.6 Å². The Morgan fingerprint density at radius 1 is 1.28 bits per heavy atom. The highest BCUT2D eigenvalue weighted by molar-refractivity contribution is 5.78. The van der Waals surface area contributed by atoms with Gasteiger partial charge in [-0.3, -0.25) is 9.69 Å². The van der Waals surface area contributed by atoms with Crippen molar-refractivity contribution in [3.05, 3.63) is 35.4 Å². The van der Waals surface area contributed by atoms with Gasteiger partial charge in [-0.1, -0.05) is 62.9 Å². The van der Waals surface area contributed by atoms with Crippen molar-refractivity contribution in [1.29, 1.82) is 0 Å². The molecule has 1 atom stereocenters. The van der Waals surface area contributed by atoms with Crippen LogP contribution in [0.15, 0.2) is 24.3 Å². The van der Waals surface area contributed by atoms with E-state index in [1.54, 1.807) is 0 Å². The second-order valence-corrected chi connectivity index (χ2v) is 7.70. The molecule has 1 heterocycles. The van der Waals surface area contributed by atoms with E-state index >= 15 is 0 Å². The number of nitrogens with zero attached hydrogens (tertiary/aromatic N) is 1. The van der Waals surface area contributed by atoms with Gasteiger partial charge in [0, 0.05) is 19.0 Å². The molecule has 140 valence electrons. The van der Waals surface area contributed by atoms with E-state index in [0.29, 0.717) is 5.92 Å². The van der Waals surface area contributed by atoms with Crippen LogP contribution >= 0.6 is 0 Å². The predicted octanol–water partition coefficient (Wildman–Crippen LogP) is 4.54. The maximum absolute atomic E-state index is 12.5. The number of nitrogens with one attached hydrogen (secondary N) is 1. The molecule has 1 aromatic carbocycles. The molecule has 3 nitrogen and oxygen atoms in total. The lowest BCUT2D eigenvalue weighted by molar-refractivity contribution is -0.126. The van der Waals surface area contributed by atoms with Gasteiger partial charge in [-0.2, -0.15) is 0 Å². The first-order valence-electron chi connectivity index (χ1n) is 10.2. The minimum absolute atomic E-state index is 0.206. The summed E-state index contributed by atoms with van der Waals surface area (Å²) in [7, 11) is 0. The fraction of sp³-hybridized carbons (Fsp3) is 0.682. The highest BCUT2D eigenvalue weighted by Crippen LogP contribution is 2.20. The van der Waals surface area contributed by atoms with Gasteiger partial charge < -0.3 is 5.32 Å². The normalized spacial score (nSPS) is 17.4. The van der Waals surface area contributed by atoms with Crippen LogP contribution in [0.5, 0.6) is 0 Å². The van der Waals surface area contributed by atoms with Crippen LogP contribution in [0.2, 0.25) is 0 Å². The maximum Gasteiger partial charge on any atom is 0.223 e. The Hall–Kier alpha value is -1.35. The molecule has 1 aliphatic heterocycles. The van der Waals surface area contributed by atoms with Crippen molar-refractivity contribution in [1.82, 2.24) is 10.2 Å². The summed E-state index contributed by atoms with van der Waals surface area (Å²) in [6, 6.07) is 8.74. The Morgan fingerprint density at radius 2 is 2.04 bits per heavy atom. The molecule has 1 fully saturated rings. The maximum atomic E-state index is 12.5. The molecular weight excluding hydrogens is 308 g/mol. The molecule has 1 N–H and O–H groups in total. The third-order valence-corrected chi connectivity index (χ3v) is 5.56. The molecule has 3 heteroatoms. The lowest BCUT2D eigenvalue weighted by atomic mass is 9.94. The van der Waals surface area contributed by atoms with Crippen LogP contribution in [0.1, 0.15) is 63.5 Å². The Balaban J connectivity index is 1.71. The van der Waals surface area contributed by atoms with Gasteiger partial charge >= 0.3 is 0 Å². The van der Waals surface area contributed by atoms with Crippen LogP contribution in [0.3, 0.4) is 0 Å². The smallest absolute Gasteiger partial charge is 0.223 e. The number of piperidine rings is 1. The number of amides is 1. The second kappa shape index (κ2) is 10.6. The van der Waals surface area contributed by atoms with Gasteiger partial charge in [0.1, 0.15) is 0 Å². The topological polar surface area (TPSA) is 32.3 Å². The molecule has 0 bridgehead atoms. The van der Waals surface area contributed by atoms with E-state index in [9.17, 15) is 4.79 Å². The molecule has 0 radical (unpaired) electrons. The van der Waals surface area contributed by atoms with E-state index in [1.165, 1.54) is 30.4 Å². The van der Waals surface area contributed by atoms with Gasteiger partial charge in [0.2, 0.25) is 5.91 Å². The summed E-state index contributed by atoms with van der Waals surface area (Å²) >= 11 is 0. The molecular formula is C22H36N2O. The molecule has 0 unspecified atom stereocenters. The van der Waals surface area contributed by atoms with Gasteiger partial charge in [-0.05, 0) is 50.8 Å². The van der Waals surface area contributed by atoms with Crippen LogP contribution in [-0.4, -0.2) is 30.4 Å². The molecule has 0 aromatic heterocycles. The number of likely N-dealkylation sites (tertiary alicyclic amines) is 1. The van der Waals surface area contributed by atoms with Gasteiger partial charge in [-0.25, -0.2) is 0 Å². The van der Waals surface area contributed by atoms with E-state index in [4.69, 9.17) is 0 Å². The first kappa shape index (κ1) is 20.0. The van der Waals surface area contributed by atoms with E-state index < -0.39 is 0 Å². The molecule has 1 amide bonds.